The van der Waals surface area contributed by atoms with Gasteiger partial charge in [-0.3, -0.25) is 9.59 Å². The standard InChI is InChI=1S/C19H18ClN3O3S/c1-11-14-16(24)21-10-22-17(14)27-15(11)18(25)23-8-6-19(26,7-9-23)12-2-4-13(20)5-3-12/h2-5,10,14,26H,6-9H2,1H3. The lowest BCUT2D eigenvalue weighted by molar-refractivity contribution is -0.130. The van der Waals surface area contributed by atoms with E-state index in [0.717, 1.165) is 5.56 Å². The van der Waals surface area contributed by atoms with Crippen LogP contribution in [0.4, 0.5) is 0 Å². The van der Waals surface area contributed by atoms with Crippen LogP contribution in [-0.4, -0.2) is 46.3 Å². The van der Waals surface area contributed by atoms with Gasteiger partial charge in [-0.15, -0.1) is 0 Å². The molecule has 1 fully saturated rings. The fourth-order valence-corrected chi connectivity index (χ4v) is 4.98. The molecule has 0 saturated carbocycles. The summed E-state index contributed by atoms with van der Waals surface area (Å²) in [5, 5.41) is 12.2. The Balaban J connectivity index is 1.48. The molecule has 3 aliphatic heterocycles. The van der Waals surface area contributed by atoms with E-state index in [1.165, 1.54) is 18.1 Å². The van der Waals surface area contributed by atoms with Gasteiger partial charge in [-0.25, -0.2) is 9.98 Å². The number of hydrogen-bond acceptors (Lipinski definition) is 5. The van der Waals surface area contributed by atoms with Crippen LogP contribution in [0.15, 0.2) is 44.7 Å². The Morgan fingerprint density at radius 3 is 2.59 bits per heavy atom. The van der Waals surface area contributed by atoms with Crippen LogP contribution in [0, 0.1) is 5.92 Å². The van der Waals surface area contributed by atoms with Crippen molar-refractivity contribution in [2.75, 3.05) is 13.1 Å². The SMILES string of the molecule is CC1=C(C(=O)N2CCC(O)(c3ccc(Cl)cc3)CC2)SC2=NC=NC(=O)C21. The summed E-state index contributed by atoms with van der Waals surface area (Å²) in [5.41, 5.74) is 0.562. The van der Waals surface area contributed by atoms with Crippen molar-refractivity contribution in [2.45, 2.75) is 25.4 Å². The summed E-state index contributed by atoms with van der Waals surface area (Å²) >= 11 is 7.18. The molecule has 2 amide bonds. The van der Waals surface area contributed by atoms with Crippen molar-refractivity contribution in [3.05, 3.63) is 45.3 Å². The number of rotatable bonds is 2. The van der Waals surface area contributed by atoms with Crippen LogP contribution in [0.2, 0.25) is 5.02 Å². The van der Waals surface area contributed by atoms with Crippen LogP contribution in [0.5, 0.6) is 0 Å². The monoisotopic (exact) mass is 403 g/mol. The smallest absolute Gasteiger partial charge is 0.261 e. The predicted octanol–water partition coefficient (Wildman–Crippen LogP) is 2.75. The van der Waals surface area contributed by atoms with Gasteiger partial charge < -0.3 is 10.0 Å². The van der Waals surface area contributed by atoms with Gasteiger partial charge in [0, 0.05) is 18.1 Å². The van der Waals surface area contributed by atoms with Crippen molar-refractivity contribution in [3.63, 3.8) is 0 Å². The first kappa shape index (κ1) is 18.4. The normalized spacial score (nSPS) is 24.1. The topological polar surface area (TPSA) is 82.3 Å². The van der Waals surface area contributed by atoms with E-state index < -0.39 is 11.5 Å². The molecule has 0 radical (unpaired) electrons. The van der Waals surface area contributed by atoms with Gasteiger partial charge in [-0.1, -0.05) is 35.5 Å². The third-order valence-corrected chi connectivity index (χ3v) is 6.82. The van der Waals surface area contributed by atoms with Gasteiger partial charge in [0.25, 0.3) is 11.8 Å². The number of halogens is 1. The van der Waals surface area contributed by atoms with E-state index >= 15 is 0 Å². The van der Waals surface area contributed by atoms with Crippen molar-refractivity contribution in [1.29, 1.82) is 0 Å². The summed E-state index contributed by atoms with van der Waals surface area (Å²) in [4.78, 5) is 35.1. The predicted molar refractivity (Wildman–Crippen MR) is 106 cm³/mol. The second-order valence-corrected chi connectivity index (χ2v) is 8.40. The van der Waals surface area contributed by atoms with Crippen LogP contribution >= 0.6 is 23.4 Å². The summed E-state index contributed by atoms with van der Waals surface area (Å²) in [6.45, 7) is 2.67. The van der Waals surface area contributed by atoms with Crippen LogP contribution in [0.1, 0.15) is 25.3 Å². The van der Waals surface area contributed by atoms with Crippen molar-refractivity contribution >= 4 is 46.6 Å². The summed E-state index contributed by atoms with van der Waals surface area (Å²) in [6.07, 6.45) is 2.14. The molecule has 0 spiro atoms. The van der Waals surface area contributed by atoms with Gasteiger partial charge in [-0.2, -0.15) is 0 Å². The fraction of sp³-hybridized carbons (Fsp3) is 0.368. The third kappa shape index (κ3) is 3.24. The minimum absolute atomic E-state index is 0.111. The lowest BCUT2D eigenvalue weighted by Crippen LogP contribution is -2.45. The van der Waals surface area contributed by atoms with Gasteiger partial charge in [0.05, 0.1) is 15.5 Å². The second-order valence-electron chi connectivity index (χ2n) is 6.93. The van der Waals surface area contributed by atoms with Gasteiger partial charge in [-0.05, 0) is 43.0 Å². The highest BCUT2D eigenvalue weighted by Gasteiger charge is 2.42. The summed E-state index contributed by atoms with van der Waals surface area (Å²) in [7, 11) is 0. The first-order chi connectivity index (χ1) is 12.9. The van der Waals surface area contributed by atoms with E-state index in [9.17, 15) is 14.7 Å². The number of aliphatic imine (C=N–C) groups is 2. The van der Waals surface area contributed by atoms with Gasteiger partial charge >= 0.3 is 0 Å². The Kier molecular flexibility index (Phi) is 4.70. The molecule has 140 valence electrons. The van der Waals surface area contributed by atoms with Crippen LogP contribution in [-0.2, 0) is 15.2 Å². The minimum Gasteiger partial charge on any atom is -0.385 e. The Morgan fingerprint density at radius 2 is 1.96 bits per heavy atom. The number of carbonyl (C=O) groups excluding carboxylic acids is 2. The number of likely N-dealkylation sites (tertiary alicyclic amines) is 1. The highest BCUT2D eigenvalue weighted by atomic mass is 35.5. The molecule has 8 heteroatoms. The Hall–Kier alpha value is -1.96. The van der Waals surface area contributed by atoms with Crippen molar-refractivity contribution < 1.29 is 14.7 Å². The third-order valence-electron chi connectivity index (χ3n) is 5.32. The molecular formula is C19H18ClN3O3S. The Bertz CT molecular complexity index is 899. The molecule has 3 aliphatic rings. The number of amides is 2. The number of nitrogens with zero attached hydrogens (tertiary/aromatic N) is 3. The van der Waals surface area contributed by atoms with E-state index in [1.54, 1.807) is 24.0 Å². The zero-order valence-corrected chi connectivity index (χ0v) is 16.3. The second kappa shape index (κ2) is 6.89. The molecule has 0 aromatic heterocycles. The molecule has 1 aromatic rings. The molecular weight excluding hydrogens is 386 g/mol. The average Bonchev–Trinajstić information content (AvgIpc) is 3.00. The molecule has 1 N–H and O–H groups in total. The lowest BCUT2D eigenvalue weighted by Gasteiger charge is -2.38. The van der Waals surface area contributed by atoms with Gasteiger partial charge in [0.2, 0.25) is 0 Å². The van der Waals surface area contributed by atoms with Crippen LogP contribution < -0.4 is 0 Å². The first-order valence-corrected chi connectivity index (χ1v) is 9.89. The minimum atomic E-state index is -0.963. The number of aliphatic hydroxyl groups is 1. The molecule has 1 unspecified atom stereocenters. The maximum Gasteiger partial charge on any atom is 0.261 e. The molecule has 0 aliphatic carbocycles. The zero-order chi connectivity index (χ0) is 19.2. The summed E-state index contributed by atoms with van der Waals surface area (Å²) in [5.74, 6) is -0.904. The molecule has 3 heterocycles. The molecule has 1 saturated heterocycles. The number of fused-ring (bicyclic) bond motifs is 1. The molecule has 0 bridgehead atoms. The maximum atomic E-state index is 13.0. The molecule has 1 aromatic carbocycles. The number of thioether (sulfide) groups is 1. The van der Waals surface area contributed by atoms with E-state index in [2.05, 4.69) is 9.98 Å². The van der Waals surface area contributed by atoms with Gasteiger partial charge in [0.1, 0.15) is 12.3 Å². The van der Waals surface area contributed by atoms with Crippen molar-refractivity contribution in [3.8, 4) is 0 Å². The van der Waals surface area contributed by atoms with E-state index in [4.69, 9.17) is 11.6 Å². The maximum absolute atomic E-state index is 13.0. The highest BCUT2D eigenvalue weighted by molar-refractivity contribution is 8.18. The summed E-state index contributed by atoms with van der Waals surface area (Å²) < 4.78 is 0. The van der Waals surface area contributed by atoms with Crippen molar-refractivity contribution in [2.24, 2.45) is 15.9 Å². The quantitative estimate of drug-likeness (QED) is 0.823. The number of carbonyl (C=O) groups is 2. The highest BCUT2D eigenvalue weighted by Crippen LogP contribution is 2.42. The van der Waals surface area contributed by atoms with Crippen LogP contribution in [0.3, 0.4) is 0 Å². The molecule has 4 rings (SSSR count). The first-order valence-electron chi connectivity index (χ1n) is 8.69. The fourth-order valence-electron chi connectivity index (χ4n) is 3.65. The molecule has 1 atom stereocenters. The largest absolute Gasteiger partial charge is 0.385 e. The zero-order valence-electron chi connectivity index (χ0n) is 14.7. The number of benzene rings is 1. The molecule has 6 nitrogen and oxygen atoms in total. The number of piperidine rings is 1. The van der Waals surface area contributed by atoms with E-state index in [-0.39, 0.29) is 11.8 Å². The Labute approximate surface area is 166 Å². The average molecular weight is 404 g/mol. The van der Waals surface area contributed by atoms with E-state index in [0.29, 0.717) is 46.5 Å². The van der Waals surface area contributed by atoms with Gasteiger partial charge in [0.15, 0.2) is 0 Å². The van der Waals surface area contributed by atoms with Crippen LogP contribution in [0.25, 0.3) is 0 Å². The molecule has 27 heavy (non-hydrogen) atoms. The Morgan fingerprint density at radius 1 is 1.30 bits per heavy atom. The number of hydrogen-bond donors (Lipinski definition) is 1. The summed E-state index contributed by atoms with van der Waals surface area (Å²) in [6, 6.07) is 7.18. The van der Waals surface area contributed by atoms with Crippen molar-refractivity contribution in [1.82, 2.24) is 4.90 Å². The van der Waals surface area contributed by atoms with E-state index in [1.807, 2.05) is 12.1 Å². The lowest BCUT2D eigenvalue weighted by atomic mass is 9.84.